The van der Waals surface area contributed by atoms with Crippen LogP contribution in [-0.2, 0) is 30.7 Å². The summed E-state index contributed by atoms with van der Waals surface area (Å²) in [5, 5.41) is 17.9. The third kappa shape index (κ3) is 9.14. The van der Waals surface area contributed by atoms with Gasteiger partial charge in [-0.25, -0.2) is 0 Å². The normalized spacial score (nSPS) is 5.50. The van der Waals surface area contributed by atoms with Crippen molar-refractivity contribution in [2.45, 2.75) is 0 Å². The second-order valence-electron chi connectivity index (χ2n) is 0.575. The molecule has 0 saturated heterocycles. The summed E-state index contributed by atoms with van der Waals surface area (Å²) in [7, 11) is 0. The zero-order chi connectivity index (χ0) is 5.15. The maximum absolute atomic E-state index is 8.93. The summed E-state index contributed by atoms with van der Waals surface area (Å²) in [6.45, 7) is 0. The standard InChI is InChI=1S/C2H2O4.H2O.Pt/c3-1(4)2(5)6;;/h(H,3,4)(H,5,6);1H2;/q;;+3/p-3. The first-order valence-electron chi connectivity index (χ1n) is 1.07. The summed E-state index contributed by atoms with van der Waals surface area (Å²) in [6, 6.07) is 0. The average molecular weight is 300 g/mol. The van der Waals surface area contributed by atoms with Crippen LogP contribution in [-0.4, -0.2) is 17.4 Å². The van der Waals surface area contributed by atoms with Crippen molar-refractivity contribution in [1.29, 1.82) is 0 Å². The summed E-state index contributed by atoms with van der Waals surface area (Å²) >= 11 is 0. The molecule has 6 heteroatoms. The summed E-state index contributed by atoms with van der Waals surface area (Å²) in [6.07, 6.45) is 0. The molecule has 0 aliphatic rings. The quantitative estimate of drug-likeness (QED) is 0.428. The SMILES string of the molecule is O=C([O-])C(=O)[O-].[OH-].[Pt+3]. The van der Waals surface area contributed by atoms with Crippen LogP contribution in [0.4, 0.5) is 0 Å². The van der Waals surface area contributed by atoms with Crippen LogP contribution in [0.2, 0.25) is 0 Å². The first kappa shape index (κ1) is 15.6. The van der Waals surface area contributed by atoms with Gasteiger partial charge in [-0.2, -0.15) is 0 Å². The zero-order valence-electron chi connectivity index (χ0n) is 3.40. The molecule has 1 N–H and O–H groups in total. The number of carbonyl (C=O) groups excluding carboxylic acids is 2. The summed E-state index contributed by atoms with van der Waals surface area (Å²) in [5.41, 5.74) is 0. The number of hydrogen-bond acceptors (Lipinski definition) is 5. The van der Waals surface area contributed by atoms with Crippen LogP contribution in [0.25, 0.3) is 0 Å². The maximum atomic E-state index is 8.93. The van der Waals surface area contributed by atoms with Crippen LogP contribution in [0.5, 0.6) is 0 Å². The van der Waals surface area contributed by atoms with E-state index in [1.165, 1.54) is 0 Å². The van der Waals surface area contributed by atoms with E-state index in [4.69, 9.17) is 19.8 Å². The predicted octanol–water partition coefficient (Wildman–Crippen LogP) is -3.69. The fourth-order valence-electron chi connectivity index (χ4n) is 0. The molecule has 0 aromatic carbocycles. The Morgan fingerprint density at radius 3 is 1.12 bits per heavy atom. The van der Waals surface area contributed by atoms with Crippen LogP contribution in [0, 0.1) is 0 Å². The van der Waals surface area contributed by atoms with E-state index in [1.54, 1.807) is 0 Å². The van der Waals surface area contributed by atoms with E-state index in [1.807, 2.05) is 0 Å². The molecule has 0 aliphatic carbocycles. The Kier molecular flexibility index (Phi) is 12.9. The van der Waals surface area contributed by atoms with Gasteiger partial charge in [-0.05, 0) is 0 Å². The second-order valence-corrected chi connectivity index (χ2v) is 0.575. The molecular weight excluding hydrogens is 299 g/mol. The first-order chi connectivity index (χ1) is 2.64. The Bertz CT molecular complexity index is 76.4. The van der Waals surface area contributed by atoms with Gasteiger partial charge in [0.25, 0.3) is 0 Å². The molecule has 0 rings (SSSR count). The van der Waals surface area contributed by atoms with E-state index in [2.05, 4.69) is 0 Å². The first-order valence-corrected chi connectivity index (χ1v) is 1.07. The fraction of sp³-hybridized carbons (Fsp3) is 0. The van der Waals surface area contributed by atoms with E-state index in [9.17, 15) is 0 Å². The van der Waals surface area contributed by atoms with E-state index in [-0.39, 0.29) is 26.5 Å². The van der Waals surface area contributed by atoms with Crippen LogP contribution >= 0.6 is 0 Å². The monoisotopic (exact) mass is 300 g/mol. The molecule has 0 fully saturated rings. The molecule has 0 aromatic rings. The molecule has 49 valence electrons. The second kappa shape index (κ2) is 6.59. The molecule has 0 aliphatic heterocycles. The minimum absolute atomic E-state index is 0. The number of rotatable bonds is 0. The smallest absolute Gasteiger partial charge is 0.870 e. The van der Waals surface area contributed by atoms with E-state index in [0.717, 1.165) is 0 Å². The Morgan fingerprint density at radius 2 is 1.12 bits per heavy atom. The molecule has 5 nitrogen and oxygen atoms in total. The summed E-state index contributed by atoms with van der Waals surface area (Å²) in [5.74, 6) is -4.37. The number of carboxylic acid groups (broad SMARTS) is 2. The van der Waals surface area contributed by atoms with Crippen LogP contribution in [0.1, 0.15) is 0 Å². The Balaban J connectivity index is -0.000000125. The maximum Gasteiger partial charge on any atom is 3.00 e. The topological polar surface area (TPSA) is 110 Å². The molecule has 0 atom stereocenters. The summed E-state index contributed by atoms with van der Waals surface area (Å²) < 4.78 is 0. The minimum atomic E-state index is -2.19. The van der Waals surface area contributed by atoms with Crippen LogP contribution < -0.4 is 10.2 Å². The van der Waals surface area contributed by atoms with Gasteiger partial charge < -0.3 is 25.3 Å². The van der Waals surface area contributed by atoms with Gasteiger partial charge in [0.1, 0.15) is 0 Å². The van der Waals surface area contributed by atoms with Gasteiger partial charge >= 0.3 is 21.1 Å². The van der Waals surface area contributed by atoms with Crippen molar-refractivity contribution in [2.24, 2.45) is 0 Å². The number of aliphatic carboxylic acids is 2. The third-order valence-corrected chi connectivity index (χ3v) is 0.167. The molecule has 1 radical (unpaired) electrons. The molecular formula is C2HO5Pt. The van der Waals surface area contributed by atoms with Crippen LogP contribution in [0.15, 0.2) is 0 Å². The fourth-order valence-corrected chi connectivity index (χ4v) is 0. The predicted molar refractivity (Wildman–Crippen MR) is 11.9 cm³/mol. The molecule has 8 heavy (non-hydrogen) atoms. The minimum Gasteiger partial charge on any atom is -0.870 e. The number of carbonyl (C=O) groups is 2. The Labute approximate surface area is 58.9 Å². The molecule has 0 aromatic heterocycles. The van der Waals surface area contributed by atoms with Crippen molar-refractivity contribution in [1.82, 2.24) is 0 Å². The molecule has 0 bridgehead atoms. The van der Waals surface area contributed by atoms with Crippen molar-refractivity contribution < 1.29 is 46.3 Å². The molecule has 0 saturated carbocycles. The van der Waals surface area contributed by atoms with Crippen molar-refractivity contribution in [3.05, 3.63) is 0 Å². The van der Waals surface area contributed by atoms with Gasteiger partial charge in [0.2, 0.25) is 0 Å². The summed E-state index contributed by atoms with van der Waals surface area (Å²) in [4.78, 5) is 17.9. The number of carboxylic acids is 2. The van der Waals surface area contributed by atoms with Gasteiger partial charge in [0.05, 0.1) is 11.9 Å². The Morgan fingerprint density at radius 1 is 1.00 bits per heavy atom. The van der Waals surface area contributed by atoms with Gasteiger partial charge in [0, 0.05) is 0 Å². The van der Waals surface area contributed by atoms with Gasteiger partial charge in [-0.3, -0.25) is 0 Å². The van der Waals surface area contributed by atoms with Crippen molar-refractivity contribution in [2.75, 3.05) is 0 Å². The zero-order valence-corrected chi connectivity index (χ0v) is 5.67. The van der Waals surface area contributed by atoms with E-state index < -0.39 is 11.9 Å². The van der Waals surface area contributed by atoms with Gasteiger partial charge in [-0.15, -0.1) is 0 Å². The van der Waals surface area contributed by atoms with Crippen molar-refractivity contribution in [3.63, 3.8) is 0 Å². The van der Waals surface area contributed by atoms with E-state index in [0.29, 0.717) is 0 Å². The Hall–Kier alpha value is -0.412. The third-order valence-electron chi connectivity index (χ3n) is 0.167. The van der Waals surface area contributed by atoms with Crippen LogP contribution in [0.3, 0.4) is 0 Å². The van der Waals surface area contributed by atoms with Crippen molar-refractivity contribution in [3.8, 4) is 0 Å². The van der Waals surface area contributed by atoms with Gasteiger partial charge in [-0.1, -0.05) is 0 Å². The molecule has 0 unspecified atom stereocenters. The van der Waals surface area contributed by atoms with Crippen molar-refractivity contribution >= 4 is 11.9 Å². The molecule has 0 heterocycles. The van der Waals surface area contributed by atoms with Gasteiger partial charge in [0.15, 0.2) is 0 Å². The largest absolute Gasteiger partial charge is 3.00 e. The molecule has 0 amide bonds. The van der Waals surface area contributed by atoms with E-state index >= 15 is 0 Å². The number of hydrogen-bond donors (Lipinski definition) is 0. The average Bonchev–Trinajstić information content (AvgIpc) is 1.36. The molecule has 0 spiro atoms.